The van der Waals surface area contributed by atoms with Crippen molar-refractivity contribution in [2.45, 2.75) is 103 Å². The molecule has 0 heterocycles. The fourth-order valence-corrected chi connectivity index (χ4v) is 2.60. The Kier molecular flexibility index (Phi) is 29.1. The Morgan fingerprint density at radius 3 is 1.69 bits per heavy atom. The number of carboxylic acids is 1. The summed E-state index contributed by atoms with van der Waals surface area (Å²) in [5, 5.41) is 8.62. The van der Waals surface area contributed by atoms with Gasteiger partial charge < -0.3 is 15.6 Å². The van der Waals surface area contributed by atoms with Gasteiger partial charge in [0, 0.05) is 6.42 Å². The first-order valence-corrected chi connectivity index (χ1v) is 9.72. The molecule has 0 saturated carbocycles. The SMILES string of the molecule is CCCCCCCCCCCCCCOC(=O)CC[C@H](N)C(=O)O.[NaH].[NaH]. The number of esters is 1. The van der Waals surface area contributed by atoms with Crippen LogP contribution in [0.5, 0.6) is 0 Å². The van der Waals surface area contributed by atoms with Crippen molar-refractivity contribution in [1.82, 2.24) is 0 Å². The first-order chi connectivity index (χ1) is 11.6. The predicted octanol–water partition coefficient (Wildman–Crippen LogP) is 3.13. The van der Waals surface area contributed by atoms with Crippen molar-refractivity contribution in [2.24, 2.45) is 5.73 Å². The second kappa shape index (κ2) is 23.9. The molecule has 0 spiro atoms. The van der Waals surface area contributed by atoms with Gasteiger partial charge in [0.25, 0.3) is 0 Å². The summed E-state index contributed by atoms with van der Waals surface area (Å²) in [5.41, 5.74) is 5.33. The molecule has 7 heteroatoms. The van der Waals surface area contributed by atoms with Crippen molar-refractivity contribution >= 4 is 71.1 Å². The maximum atomic E-state index is 11.4. The Morgan fingerprint density at radius 2 is 1.27 bits per heavy atom. The molecule has 3 N–H and O–H groups in total. The van der Waals surface area contributed by atoms with Gasteiger partial charge >= 0.3 is 71.1 Å². The molecule has 0 aromatic carbocycles. The number of ether oxygens (including phenoxy) is 1. The van der Waals surface area contributed by atoms with Gasteiger partial charge in [-0.05, 0) is 12.8 Å². The van der Waals surface area contributed by atoms with Crippen LogP contribution in [0.3, 0.4) is 0 Å². The summed E-state index contributed by atoms with van der Waals surface area (Å²) >= 11 is 0. The van der Waals surface area contributed by atoms with Crippen molar-refractivity contribution in [3.05, 3.63) is 0 Å². The summed E-state index contributed by atoms with van der Waals surface area (Å²) in [6, 6.07) is -0.982. The molecule has 0 aliphatic rings. The van der Waals surface area contributed by atoms with Gasteiger partial charge in [-0.25, -0.2) is 0 Å². The zero-order valence-corrected chi connectivity index (χ0v) is 15.4. The van der Waals surface area contributed by atoms with E-state index < -0.39 is 12.0 Å². The van der Waals surface area contributed by atoms with Crippen molar-refractivity contribution in [2.75, 3.05) is 6.61 Å². The van der Waals surface area contributed by atoms with E-state index in [0.29, 0.717) is 6.61 Å². The minimum absolute atomic E-state index is 0. The first-order valence-electron chi connectivity index (χ1n) is 9.72. The molecule has 0 aliphatic heterocycles. The van der Waals surface area contributed by atoms with E-state index in [0.717, 1.165) is 12.8 Å². The van der Waals surface area contributed by atoms with Crippen molar-refractivity contribution < 1.29 is 19.4 Å². The van der Waals surface area contributed by atoms with Gasteiger partial charge in [0.15, 0.2) is 0 Å². The summed E-state index contributed by atoms with van der Waals surface area (Å²) in [4.78, 5) is 21.9. The molecule has 0 aliphatic carbocycles. The Morgan fingerprint density at radius 1 is 0.846 bits per heavy atom. The molecular formula is C19H39NNa2O4. The second-order valence-corrected chi connectivity index (χ2v) is 6.59. The zero-order chi connectivity index (χ0) is 18.0. The average Bonchev–Trinajstić information content (AvgIpc) is 2.56. The van der Waals surface area contributed by atoms with E-state index in [1.54, 1.807) is 0 Å². The average molecular weight is 392 g/mol. The fourth-order valence-electron chi connectivity index (χ4n) is 2.60. The van der Waals surface area contributed by atoms with E-state index in [-0.39, 0.29) is 77.9 Å². The van der Waals surface area contributed by atoms with Crippen LogP contribution in [0.4, 0.5) is 0 Å². The van der Waals surface area contributed by atoms with Crippen LogP contribution < -0.4 is 5.73 Å². The van der Waals surface area contributed by atoms with E-state index in [4.69, 9.17) is 15.6 Å². The van der Waals surface area contributed by atoms with Crippen LogP contribution in [-0.2, 0) is 14.3 Å². The standard InChI is InChI=1S/C19H37NO4.2Na.2H/c1-2-3-4-5-6-7-8-9-10-11-12-13-16-24-18(21)15-14-17(20)19(22)23;;;;/h17H,2-16,20H2,1H3,(H,22,23);;;;/t17-;;;;/m0..../s1. The predicted molar refractivity (Wildman–Crippen MR) is 111 cm³/mol. The summed E-state index contributed by atoms with van der Waals surface area (Å²) in [6.07, 6.45) is 15.5. The van der Waals surface area contributed by atoms with Gasteiger partial charge in [0.05, 0.1) is 6.61 Å². The molecule has 1 atom stereocenters. The van der Waals surface area contributed by atoms with Crippen molar-refractivity contribution in [1.29, 1.82) is 0 Å². The fraction of sp³-hybridized carbons (Fsp3) is 0.895. The monoisotopic (exact) mass is 391 g/mol. The Balaban J connectivity index is -0.00000264. The van der Waals surface area contributed by atoms with Gasteiger partial charge in [0.1, 0.15) is 6.04 Å². The quantitative estimate of drug-likeness (QED) is 0.226. The molecular weight excluding hydrogens is 352 g/mol. The third kappa shape index (κ3) is 22.9. The van der Waals surface area contributed by atoms with E-state index in [9.17, 15) is 9.59 Å². The van der Waals surface area contributed by atoms with E-state index in [2.05, 4.69) is 6.92 Å². The van der Waals surface area contributed by atoms with Crippen LogP contribution >= 0.6 is 0 Å². The van der Waals surface area contributed by atoms with Crippen LogP contribution in [-0.4, -0.2) is 88.8 Å². The summed E-state index contributed by atoms with van der Waals surface area (Å²) in [7, 11) is 0. The van der Waals surface area contributed by atoms with Crippen LogP contribution in [0.25, 0.3) is 0 Å². The number of carboxylic acid groups (broad SMARTS) is 1. The van der Waals surface area contributed by atoms with Crippen molar-refractivity contribution in [3.63, 3.8) is 0 Å². The topological polar surface area (TPSA) is 89.6 Å². The molecule has 0 amide bonds. The Labute approximate surface area is 204 Å². The third-order valence-electron chi connectivity index (χ3n) is 4.24. The third-order valence-corrected chi connectivity index (χ3v) is 4.24. The number of rotatable bonds is 17. The van der Waals surface area contributed by atoms with Gasteiger partial charge in [0.2, 0.25) is 0 Å². The van der Waals surface area contributed by atoms with E-state index in [1.807, 2.05) is 0 Å². The number of nitrogens with two attached hydrogens (primary N) is 1. The molecule has 0 radical (unpaired) electrons. The minimum atomic E-state index is -1.08. The molecule has 0 fully saturated rings. The molecule has 0 unspecified atom stereocenters. The molecule has 146 valence electrons. The number of unbranched alkanes of at least 4 members (excludes halogenated alkanes) is 11. The number of aliphatic carboxylic acids is 1. The van der Waals surface area contributed by atoms with Gasteiger partial charge in [-0.3, -0.25) is 9.59 Å². The van der Waals surface area contributed by atoms with Crippen LogP contribution in [0.1, 0.15) is 96.8 Å². The summed E-state index contributed by atoms with van der Waals surface area (Å²) in [6.45, 7) is 2.68. The Hall–Kier alpha value is 0.900. The van der Waals surface area contributed by atoms with Gasteiger partial charge in [-0.15, -0.1) is 0 Å². The number of carbonyl (C=O) groups is 2. The molecule has 0 saturated heterocycles. The molecule has 0 aromatic heterocycles. The Bertz CT molecular complexity index is 331. The zero-order valence-electron chi connectivity index (χ0n) is 15.4. The molecule has 0 bridgehead atoms. The van der Waals surface area contributed by atoms with Gasteiger partial charge in [-0.2, -0.15) is 0 Å². The van der Waals surface area contributed by atoms with Crippen molar-refractivity contribution in [3.8, 4) is 0 Å². The van der Waals surface area contributed by atoms with Crippen LogP contribution in [0, 0.1) is 0 Å². The van der Waals surface area contributed by atoms with Crippen LogP contribution in [0.2, 0.25) is 0 Å². The molecule has 0 rings (SSSR count). The summed E-state index contributed by atoms with van der Waals surface area (Å²) in [5.74, 6) is -1.43. The number of carbonyl (C=O) groups excluding carboxylic acids is 1. The molecule has 0 aromatic rings. The summed E-state index contributed by atoms with van der Waals surface area (Å²) < 4.78 is 5.08. The normalized spacial score (nSPS) is 11.2. The molecule has 26 heavy (non-hydrogen) atoms. The first kappa shape index (κ1) is 31.6. The maximum absolute atomic E-state index is 11.4. The van der Waals surface area contributed by atoms with Gasteiger partial charge in [-0.1, -0.05) is 77.6 Å². The second-order valence-electron chi connectivity index (χ2n) is 6.59. The number of hydrogen-bond acceptors (Lipinski definition) is 4. The van der Waals surface area contributed by atoms with Crippen LogP contribution in [0.15, 0.2) is 0 Å². The molecule has 5 nitrogen and oxygen atoms in total. The van der Waals surface area contributed by atoms with E-state index >= 15 is 0 Å². The number of hydrogen-bond donors (Lipinski definition) is 2. The van der Waals surface area contributed by atoms with E-state index in [1.165, 1.54) is 64.2 Å².